The van der Waals surface area contributed by atoms with Crippen LogP contribution in [0.5, 0.6) is 0 Å². The van der Waals surface area contributed by atoms with Crippen molar-refractivity contribution in [1.82, 2.24) is 10.3 Å². The van der Waals surface area contributed by atoms with E-state index in [1.54, 1.807) is 17.2 Å². The molecule has 5 nitrogen and oxygen atoms in total. The molecule has 2 N–H and O–H groups in total. The average Bonchev–Trinajstić information content (AvgIpc) is 2.47. The molecule has 2 aliphatic heterocycles. The summed E-state index contributed by atoms with van der Waals surface area (Å²) in [5.74, 6) is -0.995. The molecule has 5 heteroatoms. The molecule has 0 aromatic heterocycles. The Balaban J connectivity index is 2.26. The Morgan fingerprint density at radius 1 is 1.67 bits per heavy atom. The van der Waals surface area contributed by atoms with Gasteiger partial charge in [-0.2, -0.15) is 5.10 Å². The number of allylic oxidation sites excluding steroid dienone is 2. The summed E-state index contributed by atoms with van der Waals surface area (Å²) in [4.78, 5) is 12.1. The van der Waals surface area contributed by atoms with E-state index in [1.165, 1.54) is 0 Å². The largest absolute Gasteiger partial charge is 0.475 e. The van der Waals surface area contributed by atoms with Crippen LogP contribution in [0.1, 0.15) is 0 Å². The molecule has 0 saturated heterocycles. The molecule has 0 radical (unpaired) electrons. The third kappa shape index (κ3) is 0.868. The maximum absolute atomic E-state index is 10.6. The van der Waals surface area contributed by atoms with Gasteiger partial charge in [0, 0.05) is 6.20 Å². The van der Waals surface area contributed by atoms with Crippen LogP contribution in [0.3, 0.4) is 0 Å². The molecule has 0 amide bonds. The first-order chi connectivity index (χ1) is 5.79. The summed E-state index contributed by atoms with van der Waals surface area (Å²) in [5, 5.41) is 12.4. The van der Waals surface area contributed by atoms with Gasteiger partial charge in [-0.1, -0.05) is 6.08 Å². The van der Waals surface area contributed by atoms with Crippen molar-refractivity contribution >= 4 is 11.8 Å². The lowest BCUT2D eigenvalue weighted by Gasteiger charge is -2.20. The van der Waals surface area contributed by atoms with Crippen molar-refractivity contribution in [3.63, 3.8) is 0 Å². The van der Waals surface area contributed by atoms with Crippen molar-refractivity contribution in [1.29, 1.82) is 0 Å². The number of carboxylic acids is 1. The van der Waals surface area contributed by atoms with Crippen LogP contribution >= 0.6 is 0 Å². The predicted octanol–water partition coefficient (Wildman–Crippen LogP) is -0.301. The Morgan fingerprint density at radius 3 is 3.25 bits per heavy atom. The average molecular weight is 165 g/mol. The summed E-state index contributed by atoms with van der Waals surface area (Å²) < 4.78 is 0. The third-order valence-corrected chi connectivity index (χ3v) is 1.69. The quantitative estimate of drug-likeness (QED) is 0.559. The maximum atomic E-state index is 10.6. The zero-order chi connectivity index (χ0) is 8.55. The predicted molar refractivity (Wildman–Crippen MR) is 42.1 cm³/mol. The summed E-state index contributed by atoms with van der Waals surface area (Å²) >= 11 is 0. The van der Waals surface area contributed by atoms with E-state index < -0.39 is 5.97 Å². The molecule has 0 aromatic carbocycles. The minimum Gasteiger partial charge on any atom is -0.475 e. The van der Waals surface area contributed by atoms with Gasteiger partial charge in [0.1, 0.15) is 6.17 Å². The van der Waals surface area contributed by atoms with Crippen LogP contribution < -0.4 is 5.43 Å². The number of hydrogen-bond donors (Lipinski definition) is 2. The molecule has 2 heterocycles. The van der Waals surface area contributed by atoms with Crippen molar-refractivity contribution < 1.29 is 9.90 Å². The highest BCUT2D eigenvalue weighted by atomic mass is 16.4. The van der Waals surface area contributed by atoms with E-state index in [0.29, 0.717) is 0 Å². The molecule has 12 heavy (non-hydrogen) atoms. The number of nitrogens with zero attached hydrogens (tertiary/aromatic N) is 2. The summed E-state index contributed by atoms with van der Waals surface area (Å²) in [7, 11) is 0. The second-order valence-electron chi connectivity index (χ2n) is 2.45. The number of amidine groups is 1. The Hall–Kier alpha value is -1.78. The Bertz CT molecular complexity index is 306. The minimum absolute atomic E-state index is 0.0283. The fraction of sp³-hybridized carbons (Fsp3) is 0.143. The normalized spacial score (nSPS) is 24.8. The van der Waals surface area contributed by atoms with Crippen molar-refractivity contribution in [2.24, 2.45) is 5.10 Å². The van der Waals surface area contributed by atoms with Crippen molar-refractivity contribution in [3.8, 4) is 0 Å². The van der Waals surface area contributed by atoms with E-state index in [4.69, 9.17) is 5.11 Å². The Morgan fingerprint density at radius 2 is 2.50 bits per heavy atom. The molecule has 0 bridgehead atoms. The fourth-order valence-corrected chi connectivity index (χ4v) is 1.15. The van der Waals surface area contributed by atoms with E-state index in [2.05, 4.69) is 10.5 Å². The molecule has 0 aromatic rings. The Labute approximate surface area is 68.7 Å². The van der Waals surface area contributed by atoms with Gasteiger partial charge in [-0.05, 0) is 12.2 Å². The number of nitrogens with one attached hydrogen (secondary N) is 1. The van der Waals surface area contributed by atoms with Crippen molar-refractivity contribution in [2.75, 3.05) is 0 Å². The molecular formula is C7H7N3O2. The van der Waals surface area contributed by atoms with Crippen LogP contribution in [0.25, 0.3) is 0 Å². The number of hydrogen-bond acceptors (Lipinski definition) is 4. The van der Waals surface area contributed by atoms with Gasteiger partial charge >= 0.3 is 5.97 Å². The second kappa shape index (κ2) is 2.37. The van der Waals surface area contributed by atoms with Crippen LogP contribution in [0, 0.1) is 0 Å². The monoisotopic (exact) mass is 165 g/mol. The van der Waals surface area contributed by atoms with Crippen LogP contribution in [-0.2, 0) is 4.79 Å². The number of rotatable bonds is 1. The smallest absolute Gasteiger partial charge is 0.373 e. The Kier molecular flexibility index (Phi) is 1.36. The van der Waals surface area contributed by atoms with Gasteiger partial charge in [0.05, 0.1) is 0 Å². The topological polar surface area (TPSA) is 64.9 Å². The standard InChI is InChI=1S/C7H7N3O2/c11-7(12)6-9-8-5-3-1-2-4-10(5)6/h1-5,8H,(H,11,12). The van der Waals surface area contributed by atoms with E-state index in [9.17, 15) is 4.79 Å². The zero-order valence-corrected chi connectivity index (χ0v) is 6.14. The van der Waals surface area contributed by atoms with Gasteiger partial charge in [0.25, 0.3) is 0 Å². The second-order valence-corrected chi connectivity index (χ2v) is 2.45. The number of carbonyl (C=O) groups is 1. The SMILES string of the molecule is O=C(O)C1=NNC2C=CC=CN12. The highest BCUT2D eigenvalue weighted by Crippen LogP contribution is 2.11. The molecule has 1 atom stereocenters. The number of hydrazone groups is 1. The summed E-state index contributed by atoms with van der Waals surface area (Å²) in [5.41, 5.74) is 2.68. The van der Waals surface area contributed by atoms with Gasteiger partial charge in [0.2, 0.25) is 5.84 Å². The number of carboxylic acid groups (broad SMARTS) is 1. The van der Waals surface area contributed by atoms with E-state index in [-0.39, 0.29) is 12.0 Å². The van der Waals surface area contributed by atoms with Gasteiger partial charge in [-0.3, -0.25) is 10.3 Å². The van der Waals surface area contributed by atoms with Crippen LogP contribution in [0.15, 0.2) is 29.5 Å². The first kappa shape index (κ1) is 6.90. The van der Waals surface area contributed by atoms with Crippen LogP contribution in [-0.4, -0.2) is 28.0 Å². The minimum atomic E-state index is -1.02. The van der Waals surface area contributed by atoms with E-state index in [1.807, 2.05) is 12.2 Å². The van der Waals surface area contributed by atoms with Crippen LogP contribution in [0.4, 0.5) is 0 Å². The summed E-state index contributed by atoms with van der Waals surface area (Å²) in [6.07, 6.45) is 6.98. The molecule has 0 fully saturated rings. The third-order valence-electron chi connectivity index (χ3n) is 1.69. The van der Waals surface area contributed by atoms with Gasteiger partial charge in [0.15, 0.2) is 0 Å². The molecule has 2 aliphatic rings. The van der Waals surface area contributed by atoms with E-state index >= 15 is 0 Å². The lowest BCUT2D eigenvalue weighted by atomic mass is 10.3. The first-order valence-electron chi connectivity index (χ1n) is 3.49. The lowest BCUT2D eigenvalue weighted by molar-refractivity contribution is -0.130. The molecule has 62 valence electrons. The summed E-state index contributed by atoms with van der Waals surface area (Å²) in [6, 6.07) is 0. The number of fused-ring (bicyclic) bond motifs is 1. The highest BCUT2D eigenvalue weighted by molar-refractivity contribution is 6.35. The maximum Gasteiger partial charge on any atom is 0.373 e. The first-order valence-corrected chi connectivity index (χ1v) is 3.49. The van der Waals surface area contributed by atoms with Gasteiger partial charge < -0.3 is 5.11 Å². The van der Waals surface area contributed by atoms with Gasteiger partial charge in [-0.15, -0.1) is 0 Å². The molecule has 0 saturated carbocycles. The van der Waals surface area contributed by atoms with Crippen molar-refractivity contribution in [3.05, 3.63) is 24.4 Å². The van der Waals surface area contributed by atoms with Gasteiger partial charge in [-0.25, -0.2) is 4.79 Å². The van der Waals surface area contributed by atoms with E-state index in [0.717, 1.165) is 0 Å². The van der Waals surface area contributed by atoms with Crippen molar-refractivity contribution in [2.45, 2.75) is 6.17 Å². The fourth-order valence-electron chi connectivity index (χ4n) is 1.15. The summed E-state index contributed by atoms with van der Waals surface area (Å²) in [6.45, 7) is 0. The zero-order valence-electron chi connectivity index (χ0n) is 6.14. The lowest BCUT2D eigenvalue weighted by Crippen LogP contribution is -2.38. The molecule has 0 spiro atoms. The molecular weight excluding hydrogens is 158 g/mol. The highest BCUT2D eigenvalue weighted by Gasteiger charge is 2.29. The molecule has 1 unspecified atom stereocenters. The van der Waals surface area contributed by atoms with Crippen LogP contribution in [0.2, 0.25) is 0 Å². The molecule has 0 aliphatic carbocycles. The molecule has 2 rings (SSSR count). The number of aliphatic carboxylic acids is 1.